The van der Waals surface area contributed by atoms with Crippen LogP contribution in [-0.2, 0) is 24.8 Å². The third-order valence-corrected chi connectivity index (χ3v) is 7.30. The average Bonchev–Trinajstić information content (AvgIpc) is 3.04. The van der Waals surface area contributed by atoms with Gasteiger partial charge in [0, 0.05) is 24.7 Å². The summed E-state index contributed by atoms with van der Waals surface area (Å²) in [5.41, 5.74) is -1.23. The zero-order valence-corrected chi connectivity index (χ0v) is 16.6. The number of aliphatic hydroxyl groups excluding tert-OH is 1. The molecule has 1 aliphatic heterocycles. The summed E-state index contributed by atoms with van der Waals surface area (Å²) >= 11 is 0. The van der Waals surface area contributed by atoms with Crippen LogP contribution in [-0.4, -0.2) is 55.4 Å². The third kappa shape index (κ3) is 4.83. The number of anilines is 1. The highest BCUT2D eigenvalue weighted by Crippen LogP contribution is 2.28. The van der Waals surface area contributed by atoms with Crippen molar-refractivity contribution >= 4 is 21.6 Å². The van der Waals surface area contributed by atoms with Gasteiger partial charge in [0.15, 0.2) is 9.84 Å². The molecule has 0 unspecified atom stereocenters. The molecule has 9 heteroatoms. The maximum atomic E-state index is 12.6. The Bertz CT molecular complexity index is 732. The fourth-order valence-corrected chi connectivity index (χ4v) is 5.02. The van der Waals surface area contributed by atoms with Crippen LogP contribution in [0, 0.1) is 5.41 Å². The zero-order chi connectivity index (χ0) is 19.6. The van der Waals surface area contributed by atoms with E-state index in [9.17, 15) is 18.3 Å². The van der Waals surface area contributed by atoms with E-state index in [0.717, 1.165) is 0 Å². The molecule has 2 rings (SSSR count). The van der Waals surface area contributed by atoms with E-state index in [1.54, 1.807) is 27.7 Å². The van der Waals surface area contributed by atoms with Crippen LogP contribution in [0.2, 0.25) is 0 Å². The topological polar surface area (TPSA) is 119 Å². The first-order valence-electron chi connectivity index (χ1n) is 8.67. The number of hydrogen-bond acceptors (Lipinski definition) is 7. The second-order valence-corrected chi connectivity index (χ2v) is 10.4. The molecule has 26 heavy (non-hydrogen) atoms. The number of nitrogens with zero attached hydrogens (tertiary/aromatic N) is 1. The summed E-state index contributed by atoms with van der Waals surface area (Å²) in [4.78, 5) is 12.6. The van der Waals surface area contributed by atoms with E-state index in [-0.39, 0.29) is 18.2 Å². The molecule has 1 fully saturated rings. The van der Waals surface area contributed by atoms with Gasteiger partial charge in [0.2, 0.25) is 11.8 Å². The normalized spacial score (nSPS) is 17.3. The maximum absolute atomic E-state index is 12.6. The van der Waals surface area contributed by atoms with Gasteiger partial charge < -0.3 is 14.4 Å². The predicted octanol–water partition coefficient (Wildman–Crippen LogP) is 1.50. The largest absolute Gasteiger partial charge is 0.395 e. The first-order valence-corrected chi connectivity index (χ1v) is 10.4. The Kier molecular flexibility index (Phi) is 6.14. The van der Waals surface area contributed by atoms with E-state index in [1.807, 2.05) is 0 Å². The van der Waals surface area contributed by atoms with Crippen molar-refractivity contribution < 1.29 is 27.6 Å². The lowest BCUT2D eigenvalue weighted by Crippen LogP contribution is -2.41. The molecule has 1 aliphatic rings. The standard InChI is InChI=1S/C17H28N2O6S/c1-16(2,10-20)13-9-14(25-19-13)18-15(21)17(3,4)11-26(22,23)12-5-7-24-8-6-12/h9,12,20H,5-8,10-11H2,1-4H3,(H,18,21). The molecular weight excluding hydrogens is 360 g/mol. The minimum absolute atomic E-state index is 0.123. The summed E-state index contributed by atoms with van der Waals surface area (Å²) < 4.78 is 35.6. The number of hydrogen-bond donors (Lipinski definition) is 2. The van der Waals surface area contributed by atoms with Crippen molar-refractivity contribution in [3.63, 3.8) is 0 Å². The van der Waals surface area contributed by atoms with Crippen LogP contribution in [0.15, 0.2) is 10.6 Å². The summed E-state index contributed by atoms with van der Waals surface area (Å²) in [6, 6.07) is 1.54. The Hall–Kier alpha value is -1.45. The quantitative estimate of drug-likeness (QED) is 0.726. The van der Waals surface area contributed by atoms with Gasteiger partial charge in [-0.2, -0.15) is 0 Å². The van der Waals surface area contributed by atoms with Crippen molar-refractivity contribution in [2.75, 3.05) is 30.9 Å². The van der Waals surface area contributed by atoms with Crippen LogP contribution in [0.1, 0.15) is 46.2 Å². The summed E-state index contributed by atoms with van der Waals surface area (Å²) in [6.45, 7) is 7.50. The van der Waals surface area contributed by atoms with E-state index in [2.05, 4.69) is 10.5 Å². The fraction of sp³-hybridized carbons (Fsp3) is 0.765. The summed E-state index contributed by atoms with van der Waals surface area (Å²) in [5.74, 6) is -0.583. The Labute approximate surface area is 154 Å². The van der Waals surface area contributed by atoms with Crippen LogP contribution in [0.3, 0.4) is 0 Å². The second kappa shape index (κ2) is 7.66. The van der Waals surface area contributed by atoms with Gasteiger partial charge in [-0.05, 0) is 12.8 Å². The summed E-state index contributed by atoms with van der Waals surface area (Å²) in [7, 11) is -3.42. The van der Waals surface area contributed by atoms with E-state index < -0.39 is 31.8 Å². The van der Waals surface area contributed by atoms with Crippen LogP contribution in [0.25, 0.3) is 0 Å². The molecule has 0 spiro atoms. The first-order chi connectivity index (χ1) is 12.0. The highest BCUT2D eigenvalue weighted by Gasteiger charge is 2.38. The second-order valence-electron chi connectivity index (χ2n) is 8.08. The average molecular weight is 388 g/mol. The minimum Gasteiger partial charge on any atom is -0.395 e. The molecule has 0 bridgehead atoms. The Morgan fingerprint density at radius 3 is 2.50 bits per heavy atom. The Morgan fingerprint density at radius 2 is 1.92 bits per heavy atom. The molecule has 2 heterocycles. The van der Waals surface area contributed by atoms with Gasteiger partial charge in [0.05, 0.1) is 28.7 Å². The van der Waals surface area contributed by atoms with Gasteiger partial charge >= 0.3 is 0 Å². The van der Waals surface area contributed by atoms with Gasteiger partial charge in [0.1, 0.15) is 0 Å². The van der Waals surface area contributed by atoms with Gasteiger partial charge in [-0.25, -0.2) is 8.42 Å². The number of ether oxygens (including phenoxy) is 1. The van der Waals surface area contributed by atoms with Crippen molar-refractivity contribution in [1.29, 1.82) is 0 Å². The number of sulfone groups is 1. The molecule has 0 radical (unpaired) electrons. The fourth-order valence-electron chi connectivity index (χ4n) is 2.74. The van der Waals surface area contributed by atoms with Crippen LogP contribution in [0.4, 0.5) is 5.88 Å². The van der Waals surface area contributed by atoms with E-state index in [4.69, 9.17) is 9.26 Å². The predicted molar refractivity (Wildman–Crippen MR) is 96.7 cm³/mol. The number of nitrogens with one attached hydrogen (secondary N) is 1. The molecule has 148 valence electrons. The molecule has 0 saturated carbocycles. The molecule has 1 amide bonds. The lowest BCUT2D eigenvalue weighted by molar-refractivity contribution is -0.123. The highest BCUT2D eigenvalue weighted by atomic mass is 32.2. The summed E-state index contributed by atoms with van der Waals surface area (Å²) in [6.07, 6.45) is 0.920. The van der Waals surface area contributed by atoms with Gasteiger partial charge in [0.25, 0.3) is 0 Å². The third-order valence-electron chi connectivity index (χ3n) is 4.69. The molecule has 2 N–H and O–H groups in total. The lowest BCUT2D eigenvalue weighted by Gasteiger charge is -2.27. The number of amides is 1. The van der Waals surface area contributed by atoms with Crippen LogP contribution < -0.4 is 5.32 Å². The van der Waals surface area contributed by atoms with E-state index >= 15 is 0 Å². The number of carbonyl (C=O) groups excluding carboxylic acids is 1. The van der Waals surface area contributed by atoms with E-state index in [0.29, 0.717) is 31.7 Å². The lowest BCUT2D eigenvalue weighted by atomic mass is 9.91. The summed E-state index contributed by atoms with van der Waals surface area (Å²) in [5, 5.41) is 15.4. The number of rotatable bonds is 7. The number of aliphatic hydroxyl groups is 1. The molecule has 0 aromatic carbocycles. The Balaban J connectivity index is 2.05. The van der Waals surface area contributed by atoms with E-state index in [1.165, 1.54) is 6.07 Å². The first kappa shape index (κ1) is 20.9. The molecule has 0 aliphatic carbocycles. The van der Waals surface area contributed by atoms with Gasteiger partial charge in [-0.1, -0.05) is 32.9 Å². The van der Waals surface area contributed by atoms with Gasteiger partial charge in [-0.15, -0.1) is 0 Å². The van der Waals surface area contributed by atoms with Crippen molar-refractivity contribution in [3.8, 4) is 0 Å². The van der Waals surface area contributed by atoms with Crippen molar-refractivity contribution in [2.24, 2.45) is 5.41 Å². The molecular formula is C17H28N2O6S. The van der Waals surface area contributed by atoms with Crippen LogP contribution >= 0.6 is 0 Å². The smallest absolute Gasteiger partial charge is 0.233 e. The number of aromatic nitrogens is 1. The SMILES string of the molecule is CC(C)(CS(=O)(=O)C1CCOCC1)C(=O)Nc1cc(C(C)(C)CO)no1. The Morgan fingerprint density at radius 1 is 1.31 bits per heavy atom. The number of carbonyl (C=O) groups is 1. The molecule has 1 aromatic heterocycles. The molecule has 1 aromatic rings. The molecule has 1 saturated heterocycles. The van der Waals surface area contributed by atoms with Crippen molar-refractivity contribution in [1.82, 2.24) is 5.16 Å². The maximum Gasteiger partial charge on any atom is 0.233 e. The minimum atomic E-state index is -3.42. The monoisotopic (exact) mass is 388 g/mol. The molecule has 0 atom stereocenters. The van der Waals surface area contributed by atoms with Gasteiger partial charge in [-0.3, -0.25) is 10.1 Å². The highest BCUT2D eigenvalue weighted by molar-refractivity contribution is 7.92. The van der Waals surface area contributed by atoms with Crippen molar-refractivity contribution in [3.05, 3.63) is 11.8 Å². The van der Waals surface area contributed by atoms with Crippen molar-refractivity contribution in [2.45, 2.75) is 51.2 Å². The molecule has 8 nitrogen and oxygen atoms in total. The van der Waals surface area contributed by atoms with Crippen LogP contribution in [0.5, 0.6) is 0 Å². The zero-order valence-electron chi connectivity index (χ0n) is 15.7.